The van der Waals surface area contributed by atoms with E-state index in [-0.39, 0.29) is 32.0 Å². The number of carbonyl (C=O) groups excluding carboxylic acids is 4. The highest BCUT2D eigenvalue weighted by atomic mass is 16.5. The van der Waals surface area contributed by atoms with Gasteiger partial charge in [-0.2, -0.15) is 10.2 Å². The first kappa shape index (κ1) is 34.3. The Labute approximate surface area is 288 Å². The third kappa shape index (κ3) is 7.83. The molecule has 0 spiro atoms. The number of carbonyl (C=O) groups is 4. The molecule has 15 nitrogen and oxygen atoms in total. The van der Waals surface area contributed by atoms with E-state index in [0.717, 1.165) is 48.1 Å². The molecular formula is C35H41N9O6. The molecule has 0 radical (unpaired) electrons. The van der Waals surface area contributed by atoms with Gasteiger partial charge in [0.05, 0.1) is 24.9 Å². The number of amides is 4. The second kappa shape index (κ2) is 15.3. The lowest BCUT2D eigenvalue weighted by Gasteiger charge is -2.24. The molecule has 1 aliphatic carbocycles. The third-order valence-corrected chi connectivity index (χ3v) is 8.80. The lowest BCUT2D eigenvalue weighted by molar-refractivity contribution is -0.131. The van der Waals surface area contributed by atoms with Crippen LogP contribution in [0.4, 0.5) is 0 Å². The number of hydrogen-bond acceptors (Lipinski definition) is 9. The molecule has 3 atom stereocenters. The van der Waals surface area contributed by atoms with Crippen LogP contribution in [-0.4, -0.2) is 85.1 Å². The molecule has 5 N–H and O–H groups in total. The summed E-state index contributed by atoms with van der Waals surface area (Å²) >= 11 is 0. The highest BCUT2D eigenvalue weighted by molar-refractivity contribution is 5.98. The molecule has 262 valence electrons. The average Bonchev–Trinajstić information content (AvgIpc) is 3.69. The smallest absolute Gasteiger partial charge is 0.270 e. The predicted molar refractivity (Wildman–Crippen MR) is 181 cm³/mol. The topological polar surface area (TPSA) is 194 Å². The number of aromatic nitrogens is 5. The number of rotatable bonds is 4. The van der Waals surface area contributed by atoms with Crippen LogP contribution in [-0.2, 0) is 47.2 Å². The maximum atomic E-state index is 13.8. The molecule has 2 aliphatic heterocycles. The van der Waals surface area contributed by atoms with E-state index in [1.807, 2.05) is 30.3 Å². The summed E-state index contributed by atoms with van der Waals surface area (Å²) in [6, 6.07) is 13.0. The fraction of sp³-hybridized carbons (Fsp3) is 0.400. The summed E-state index contributed by atoms with van der Waals surface area (Å²) in [7, 11) is 1.71. The van der Waals surface area contributed by atoms with E-state index in [1.54, 1.807) is 42.9 Å². The number of nitrogens with zero attached hydrogens (tertiary/aromatic N) is 5. The van der Waals surface area contributed by atoms with Gasteiger partial charge in [0.2, 0.25) is 17.7 Å². The Hall–Kier alpha value is -5.57. The SMILES string of the molecule is C[C@@H]1NC(=O)[C@H](CO)NC(=O)[C@@H](NC(=O)c2c3c(nn2C)CCCC3)Cc2ccc(cc2)OCCNC(=O)Cn2nc(-c3ccccc3)nc21. The van der Waals surface area contributed by atoms with Crippen LogP contribution >= 0.6 is 0 Å². The molecule has 3 aliphatic rings. The summed E-state index contributed by atoms with van der Waals surface area (Å²) in [5, 5.41) is 30.4. The van der Waals surface area contributed by atoms with Crippen molar-refractivity contribution in [1.29, 1.82) is 0 Å². The maximum absolute atomic E-state index is 13.8. The summed E-state index contributed by atoms with van der Waals surface area (Å²) < 4.78 is 8.79. The zero-order chi connectivity index (χ0) is 35.2. The summed E-state index contributed by atoms with van der Waals surface area (Å²) in [5.74, 6) is -0.909. The quantitative estimate of drug-likeness (QED) is 0.207. The van der Waals surface area contributed by atoms with Crippen LogP contribution in [0.2, 0.25) is 0 Å². The average molecular weight is 684 g/mol. The minimum absolute atomic E-state index is 0.0927. The van der Waals surface area contributed by atoms with E-state index >= 15 is 0 Å². The molecule has 4 aromatic rings. The summed E-state index contributed by atoms with van der Waals surface area (Å²) in [6.45, 7) is 1.21. The number of aryl methyl sites for hydroxylation is 2. The first-order valence-electron chi connectivity index (χ1n) is 16.8. The van der Waals surface area contributed by atoms with E-state index in [9.17, 15) is 24.3 Å². The number of hydrogen-bond donors (Lipinski definition) is 5. The lowest BCUT2D eigenvalue weighted by atomic mass is 9.95. The van der Waals surface area contributed by atoms with Gasteiger partial charge < -0.3 is 31.1 Å². The first-order valence-corrected chi connectivity index (χ1v) is 16.8. The Kier molecular flexibility index (Phi) is 10.5. The van der Waals surface area contributed by atoms with E-state index in [0.29, 0.717) is 23.1 Å². The minimum Gasteiger partial charge on any atom is -0.492 e. The third-order valence-electron chi connectivity index (χ3n) is 8.80. The molecule has 0 saturated heterocycles. The van der Waals surface area contributed by atoms with Crippen molar-refractivity contribution in [3.63, 3.8) is 0 Å². The van der Waals surface area contributed by atoms with E-state index in [4.69, 9.17) is 4.74 Å². The molecule has 0 fully saturated rings. The van der Waals surface area contributed by atoms with Crippen molar-refractivity contribution in [2.24, 2.45) is 7.05 Å². The summed E-state index contributed by atoms with van der Waals surface area (Å²) in [6.07, 6.45) is 3.55. The molecule has 2 bridgehead atoms. The highest BCUT2D eigenvalue weighted by Crippen LogP contribution is 2.24. The molecule has 0 saturated carbocycles. The summed E-state index contributed by atoms with van der Waals surface area (Å²) in [4.78, 5) is 58.6. The van der Waals surface area contributed by atoms with Crippen LogP contribution in [0.1, 0.15) is 58.9 Å². The zero-order valence-electron chi connectivity index (χ0n) is 28.0. The molecule has 50 heavy (non-hydrogen) atoms. The van der Waals surface area contributed by atoms with Gasteiger partial charge in [-0.15, -0.1) is 0 Å². The van der Waals surface area contributed by atoms with Crippen molar-refractivity contribution in [2.75, 3.05) is 19.8 Å². The summed E-state index contributed by atoms with van der Waals surface area (Å²) in [5.41, 5.74) is 3.61. The Bertz CT molecular complexity index is 1850. The number of aliphatic hydroxyl groups is 1. The van der Waals surface area contributed by atoms with Gasteiger partial charge in [-0.25, -0.2) is 9.67 Å². The largest absolute Gasteiger partial charge is 0.492 e. The van der Waals surface area contributed by atoms with Crippen molar-refractivity contribution in [3.05, 3.63) is 82.9 Å². The van der Waals surface area contributed by atoms with Gasteiger partial charge >= 0.3 is 0 Å². The van der Waals surface area contributed by atoms with E-state index in [2.05, 4.69) is 36.4 Å². The predicted octanol–water partition coefficient (Wildman–Crippen LogP) is 0.762. The zero-order valence-corrected chi connectivity index (χ0v) is 28.0. The van der Waals surface area contributed by atoms with Crippen molar-refractivity contribution < 1.29 is 29.0 Å². The van der Waals surface area contributed by atoms with Gasteiger partial charge in [0, 0.05) is 24.6 Å². The lowest BCUT2D eigenvalue weighted by Crippen LogP contribution is -2.56. The molecule has 2 aromatic heterocycles. The first-order chi connectivity index (χ1) is 24.2. The van der Waals surface area contributed by atoms with Crippen molar-refractivity contribution >= 4 is 23.6 Å². The number of aliphatic hydroxyl groups excluding tert-OH is 1. The molecule has 2 aromatic carbocycles. The Morgan fingerprint density at radius 3 is 2.52 bits per heavy atom. The molecule has 7 rings (SSSR count). The molecule has 15 heteroatoms. The normalized spacial score (nSPS) is 20.4. The fourth-order valence-corrected chi connectivity index (χ4v) is 6.26. The van der Waals surface area contributed by atoms with Crippen LogP contribution in [0.3, 0.4) is 0 Å². The molecule has 4 heterocycles. The number of fused-ring (bicyclic) bond motifs is 15. The highest BCUT2D eigenvalue weighted by Gasteiger charge is 2.31. The van der Waals surface area contributed by atoms with Gasteiger partial charge in [-0.3, -0.25) is 23.9 Å². The van der Waals surface area contributed by atoms with Crippen molar-refractivity contribution in [2.45, 2.75) is 63.7 Å². The monoisotopic (exact) mass is 683 g/mol. The van der Waals surface area contributed by atoms with Crippen LogP contribution in [0.5, 0.6) is 5.75 Å². The number of nitrogens with one attached hydrogen (secondary N) is 4. The fourth-order valence-electron chi connectivity index (χ4n) is 6.26. The Morgan fingerprint density at radius 2 is 1.76 bits per heavy atom. The second-order valence-corrected chi connectivity index (χ2v) is 12.5. The van der Waals surface area contributed by atoms with Gasteiger partial charge in [-0.05, 0) is 50.3 Å². The van der Waals surface area contributed by atoms with Gasteiger partial charge in [0.15, 0.2) is 5.82 Å². The van der Waals surface area contributed by atoms with Crippen molar-refractivity contribution in [3.8, 4) is 17.1 Å². The Balaban J connectivity index is 1.28. The second-order valence-electron chi connectivity index (χ2n) is 12.5. The van der Waals surface area contributed by atoms with Crippen LogP contribution < -0.4 is 26.0 Å². The minimum atomic E-state index is -1.36. The molecule has 4 amide bonds. The van der Waals surface area contributed by atoms with Crippen LogP contribution in [0, 0.1) is 0 Å². The maximum Gasteiger partial charge on any atom is 0.270 e. The van der Waals surface area contributed by atoms with Gasteiger partial charge in [0.25, 0.3) is 5.91 Å². The molecular weight excluding hydrogens is 642 g/mol. The van der Waals surface area contributed by atoms with Gasteiger partial charge in [-0.1, -0.05) is 42.5 Å². The van der Waals surface area contributed by atoms with Crippen LogP contribution in [0.25, 0.3) is 11.4 Å². The van der Waals surface area contributed by atoms with E-state index in [1.165, 1.54) is 4.68 Å². The molecule has 0 unspecified atom stereocenters. The Morgan fingerprint density at radius 1 is 1.00 bits per heavy atom. The standard InChI is InChI=1S/C35H41N9O6/c1-21-32-40-31(23-8-4-3-5-9-23)42-44(32)19-29(46)36-16-17-50-24-14-12-22(13-15-24)18-27(33(47)39-28(20-45)34(48)37-21)38-35(49)30-25-10-6-7-11-26(25)41-43(30)2/h3-5,8-9,12-15,21,27-28,45H,6-7,10-11,16-20H2,1-2H3,(H,36,46)(H,37,48)(H,38,49)(H,39,47)/t21-,27-,28-/m0/s1. The number of ether oxygens (including phenoxy) is 1. The number of benzene rings is 2. The van der Waals surface area contributed by atoms with Gasteiger partial charge in [0.1, 0.15) is 42.5 Å². The van der Waals surface area contributed by atoms with Crippen molar-refractivity contribution in [1.82, 2.24) is 45.8 Å². The van der Waals surface area contributed by atoms with E-state index < -0.39 is 42.5 Å². The van der Waals surface area contributed by atoms with Crippen LogP contribution in [0.15, 0.2) is 54.6 Å².